The first-order valence-corrected chi connectivity index (χ1v) is 6.00. The van der Waals surface area contributed by atoms with Crippen LogP contribution < -0.4 is 5.32 Å². The van der Waals surface area contributed by atoms with Crippen LogP contribution in [0.1, 0.15) is 24.9 Å². The molecule has 0 amide bonds. The standard InChI is InChI=1S/C13H16ClNO/c1-2-15-13(12-4-3-9-16-12)10-5-7-11(14)8-6-10/h4-8,13,15H,2-3,9H2,1H3. The van der Waals surface area contributed by atoms with Gasteiger partial charge in [-0.25, -0.2) is 0 Å². The number of likely N-dealkylation sites (N-methyl/N-ethyl adjacent to an activating group) is 1. The maximum absolute atomic E-state index is 5.89. The van der Waals surface area contributed by atoms with E-state index in [9.17, 15) is 0 Å². The van der Waals surface area contributed by atoms with Crippen LogP contribution in [0.3, 0.4) is 0 Å². The Hall–Kier alpha value is -0.990. The summed E-state index contributed by atoms with van der Waals surface area (Å²) in [5.41, 5.74) is 1.19. The predicted octanol–water partition coefficient (Wildman–Crippen LogP) is 3.29. The zero-order valence-electron chi connectivity index (χ0n) is 9.37. The normalized spacial score (nSPS) is 16.8. The van der Waals surface area contributed by atoms with Gasteiger partial charge in [-0.05, 0) is 30.3 Å². The highest BCUT2D eigenvalue weighted by Crippen LogP contribution is 2.27. The molecule has 1 aromatic carbocycles. The van der Waals surface area contributed by atoms with Gasteiger partial charge >= 0.3 is 0 Å². The Labute approximate surface area is 101 Å². The molecule has 2 nitrogen and oxygen atoms in total. The number of nitrogens with one attached hydrogen (secondary N) is 1. The van der Waals surface area contributed by atoms with Crippen molar-refractivity contribution in [1.82, 2.24) is 5.32 Å². The molecule has 0 saturated carbocycles. The Bertz CT molecular complexity index is 372. The second kappa shape index (κ2) is 5.37. The fourth-order valence-corrected chi connectivity index (χ4v) is 2.01. The lowest BCUT2D eigenvalue weighted by Gasteiger charge is -2.19. The highest BCUT2D eigenvalue weighted by molar-refractivity contribution is 6.30. The molecular formula is C13H16ClNO. The summed E-state index contributed by atoms with van der Waals surface area (Å²) in [6, 6.07) is 8.06. The SMILES string of the molecule is CCNC(C1=CCCO1)c1ccc(Cl)cc1. The summed E-state index contributed by atoms with van der Waals surface area (Å²) in [6.45, 7) is 3.80. The van der Waals surface area contributed by atoms with Gasteiger partial charge < -0.3 is 10.1 Å². The average molecular weight is 238 g/mol. The monoisotopic (exact) mass is 237 g/mol. The number of hydrogen-bond donors (Lipinski definition) is 1. The summed E-state index contributed by atoms with van der Waals surface area (Å²) in [4.78, 5) is 0. The summed E-state index contributed by atoms with van der Waals surface area (Å²) in [6.07, 6.45) is 3.16. The van der Waals surface area contributed by atoms with Gasteiger partial charge in [0.1, 0.15) is 5.76 Å². The lowest BCUT2D eigenvalue weighted by Crippen LogP contribution is -2.23. The van der Waals surface area contributed by atoms with E-state index in [-0.39, 0.29) is 6.04 Å². The molecule has 0 aliphatic carbocycles. The van der Waals surface area contributed by atoms with Crippen LogP contribution in [0.5, 0.6) is 0 Å². The minimum atomic E-state index is 0.157. The second-order valence-corrected chi connectivity index (χ2v) is 4.22. The first kappa shape index (κ1) is 11.5. The van der Waals surface area contributed by atoms with Gasteiger partial charge in [0, 0.05) is 11.4 Å². The minimum absolute atomic E-state index is 0.157. The van der Waals surface area contributed by atoms with Crippen LogP contribution in [0.15, 0.2) is 36.1 Å². The molecule has 1 N–H and O–H groups in total. The fraction of sp³-hybridized carbons (Fsp3) is 0.385. The van der Waals surface area contributed by atoms with Crippen LogP contribution in [0.25, 0.3) is 0 Å². The van der Waals surface area contributed by atoms with Crippen LogP contribution in [0.2, 0.25) is 5.02 Å². The van der Waals surface area contributed by atoms with Crippen LogP contribution in [-0.4, -0.2) is 13.2 Å². The smallest absolute Gasteiger partial charge is 0.114 e. The van der Waals surface area contributed by atoms with Gasteiger partial charge in [0.05, 0.1) is 12.6 Å². The van der Waals surface area contributed by atoms with Gasteiger partial charge in [-0.1, -0.05) is 30.7 Å². The molecule has 16 heavy (non-hydrogen) atoms. The van der Waals surface area contributed by atoms with Crippen molar-refractivity contribution in [3.05, 3.63) is 46.7 Å². The Morgan fingerprint density at radius 3 is 2.69 bits per heavy atom. The van der Waals surface area contributed by atoms with E-state index in [1.54, 1.807) is 0 Å². The summed E-state index contributed by atoms with van der Waals surface area (Å²) < 4.78 is 5.62. The van der Waals surface area contributed by atoms with E-state index in [4.69, 9.17) is 16.3 Å². The van der Waals surface area contributed by atoms with E-state index < -0.39 is 0 Å². The maximum atomic E-state index is 5.89. The number of rotatable bonds is 4. The van der Waals surface area contributed by atoms with Gasteiger partial charge in [0.25, 0.3) is 0 Å². The third-order valence-electron chi connectivity index (χ3n) is 2.63. The zero-order valence-corrected chi connectivity index (χ0v) is 10.1. The molecule has 1 aromatic rings. The molecule has 0 saturated heterocycles. The van der Waals surface area contributed by atoms with Crippen LogP contribution in [0, 0.1) is 0 Å². The van der Waals surface area contributed by atoms with Gasteiger partial charge in [-0.15, -0.1) is 0 Å². The van der Waals surface area contributed by atoms with Crippen molar-refractivity contribution in [3.8, 4) is 0 Å². The lowest BCUT2D eigenvalue weighted by atomic mass is 10.0. The first-order valence-electron chi connectivity index (χ1n) is 5.63. The van der Waals surface area contributed by atoms with Gasteiger partial charge in [0.15, 0.2) is 0 Å². The molecule has 0 radical (unpaired) electrons. The van der Waals surface area contributed by atoms with Crippen molar-refractivity contribution in [2.75, 3.05) is 13.2 Å². The molecular weight excluding hydrogens is 222 g/mol. The highest BCUT2D eigenvalue weighted by Gasteiger charge is 2.19. The molecule has 1 aliphatic heterocycles. The molecule has 1 unspecified atom stereocenters. The lowest BCUT2D eigenvalue weighted by molar-refractivity contribution is 0.216. The van der Waals surface area contributed by atoms with E-state index in [1.165, 1.54) is 5.56 Å². The molecule has 0 bridgehead atoms. The van der Waals surface area contributed by atoms with Gasteiger partial charge in [0.2, 0.25) is 0 Å². The first-order chi connectivity index (χ1) is 7.81. The fourth-order valence-electron chi connectivity index (χ4n) is 1.88. The highest BCUT2D eigenvalue weighted by atomic mass is 35.5. The maximum Gasteiger partial charge on any atom is 0.114 e. The van der Waals surface area contributed by atoms with Crippen molar-refractivity contribution >= 4 is 11.6 Å². The third kappa shape index (κ3) is 2.57. The van der Waals surface area contributed by atoms with Gasteiger partial charge in [-0.2, -0.15) is 0 Å². The largest absolute Gasteiger partial charge is 0.496 e. The van der Waals surface area contributed by atoms with E-state index in [2.05, 4.69) is 18.3 Å². The van der Waals surface area contributed by atoms with E-state index >= 15 is 0 Å². The second-order valence-electron chi connectivity index (χ2n) is 3.79. The summed E-state index contributed by atoms with van der Waals surface area (Å²) in [5, 5.41) is 4.19. The Balaban J connectivity index is 2.21. The van der Waals surface area contributed by atoms with Gasteiger partial charge in [-0.3, -0.25) is 0 Å². The van der Waals surface area contributed by atoms with Crippen molar-refractivity contribution in [2.45, 2.75) is 19.4 Å². The number of ether oxygens (including phenoxy) is 1. The van der Waals surface area contributed by atoms with Crippen LogP contribution >= 0.6 is 11.6 Å². The number of benzene rings is 1. The Kier molecular flexibility index (Phi) is 3.86. The van der Waals surface area contributed by atoms with E-state index in [0.717, 1.165) is 30.4 Å². The predicted molar refractivity (Wildman–Crippen MR) is 66.5 cm³/mol. The molecule has 1 heterocycles. The van der Waals surface area contributed by atoms with Crippen LogP contribution in [0.4, 0.5) is 0 Å². The van der Waals surface area contributed by atoms with Crippen molar-refractivity contribution in [1.29, 1.82) is 0 Å². The summed E-state index contributed by atoms with van der Waals surface area (Å²) >= 11 is 5.89. The molecule has 1 atom stereocenters. The molecule has 2 rings (SSSR count). The molecule has 0 fully saturated rings. The quantitative estimate of drug-likeness (QED) is 0.868. The minimum Gasteiger partial charge on any atom is -0.496 e. The average Bonchev–Trinajstić information content (AvgIpc) is 2.81. The topological polar surface area (TPSA) is 21.3 Å². The van der Waals surface area contributed by atoms with Crippen molar-refractivity contribution < 1.29 is 4.74 Å². The Morgan fingerprint density at radius 1 is 1.38 bits per heavy atom. The number of halogens is 1. The molecule has 1 aliphatic rings. The summed E-state index contributed by atoms with van der Waals surface area (Å²) in [7, 11) is 0. The molecule has 86 valence electrons. The molecule has 0 spiro atoms. The van der Waals surface area contributed by atoms with E-state index in [0.29, 0.717) is 0 Å². The molecule has 3 heteroatoms. The van der Waals surface area contributed by atoms with Crippen molar-refractivity contribution in [3.63, 3.8) is 0 Å². The third-order valence-corrected chi connectivity index (χ3v) is 2.88. The van der Waals surface area contributed by atoms with Crippen molar-refractivity contribution in [2.24, 2.45) is 0 Å². The zero-order chi connectivity index (χ0) is 11.4. The van der Waals surface area contributed by atoms with E-state index in [1.807, 2.05) is 24.3 Å². The Morgan fingerprint density at radius 2 is 2.12 bits per heavy atom. The molecule has 0 aromatic heterocycles. The summed E-state index contributed by atoms with van der Waals surface area (Å²) in [5.74, 6) is 1.03. The number of hydrogen-bond acceptors (Lipinski definition) is 2. The van der Waals surface area contributed by atoms with Crippen LogP contribution in [-0.2, 0) is 4.74 Å².